The number of rotatable bonds is 18. The van der Waals surface area contributed by atoms with E-state index >= 15 is 0 Å². The quantitative estimate of drug-likeness (QED) is 0.0698. The number of nitrogens with two attached hydrogens (primary N) is 2. The van der Waals surface area contributed by atoms with Gasteiger partial charge in [0, 0.05) is 36.9 Å². The van der Waals surface area contributed by atoms with Crippen LogP contribution in [0, 0.1) is 0 Å². The molecule has 4 aromatic rings. The number of primary amides is 1. The number of benzene rings is 3. The number of aromatic amines is 1. The van der Waals surface area contributed by atoms with Gasteiger partial charge in [0.1, 0.15) is 23.9 Å². The highest BCUT2D eigenvalue weighted by atomic mass is 32.2. The van der Waals surface area contributed by atoms with Crippen molar-refractivity contribution in [2.45, 2.75) is 56.8 Å². The zero-order valence-corrected chi connectivity index (χ0v) is 30.9. The van der Waals surface area contributed by atoms with E-state index in [-0.39, 0.29) is 25.0 Å². The Bertz CT molecular complexity index is 1870. The van der Waals surface area contributed by atoms with E-state index in [4.69, 9.17) is 21.4 Å². The van der Waals surface area contributed by atoms with Crippen LogP contribution >= 0.6 is 11.8 Å². The number of hydrogen-bond acceptors (Lipinski definition) is 9. The van der Waals surface area contributed by atoms with E-state index in [1.165, 1.54) is 23.9 Å². The van der Waals surface area contributed by atoms with Crippen molar-refractivity contribution in [3.63, 3.8) is 0 Å². The fraction of sp³-hybridized carbons (Fsp3) is 0.316. The molecule has 288 valence electrons. The molecule has 4 rings (SSSR count). The third-order valence-electron chi connectivity index (χ3n) is 8.09. The molecular formula is C38H47N7O8S. The fourth-order valence-corrected chi connectivity index (χ4v) is 5.85. The zero-order valence-electron chi connectivity index (χ0n) is 30.0. The number of fused-ring (bicyclic) bond motifs is 1. The molecule has 54 heavy (non-hydrogen) atoms. The maximum Gasteiger partial charge on any atom is 0.300 e. The fourth-order valence-electron chi connectivity index (χ4n) is 5.38. The molecule has 3 aromatic carbocycles. The predicted octanol–water partition coefficient (Wildman–Crippen LogP) is 1.13. The number of thioether (sulfide) groups is 1. The van der Waals surface area contributed by atoms with Gasteiger partial charge in [0.15, 0.2) is 0 Å². The lowest BCUT2D eigenvalue weighted by Crippen LogP contribution is -2.56. The molecule has 0 unspecified atom stereocenters. The van der Waals surface area contributed by atoms with Crippen molar-refractivity contribution in [1.82, 2.24) is 26.3 Å². The maximum atomic E-state index is 13.6. The number of H-pyrrole nitrogens is 1. The van der Waals surface area contributed by atoms with Crippen LogP contribution in [0.2, 0.25) is 0 Å². The predicted molar refractivity (Wildman–Crippen MR) is 206 cm³/mol. The Balaban J connectivity index is 0.00000186. The van der Waals surface area contributed by atoms with Crippen molar-refractivity contribution in [3.05, 3.63) is 102 Å². The van der Waals surface area contributed by atoms with E-state index in [2.05, 4.69) is 26.3 Å². The lowest BCUT2D eigenvalue weighted by atomic mass is 10.0. The summed E-state index contributed by atoms with van der Waals surface area (Å²) < 4.78 is 0. The van der Waals surface area contributed by atoms with Gasteiger partial charge in [0.25, 0.3) is 5.97 Å². The molecule has 0 fully saturated rings. The van der Waals surface area contributed by atoms with E-state index < -0.39 is 66.2 Å². The molecule has 1 heterocycles. The van der Waals surface area contributed by atoms with Gasteiger partial charge >= 0.3 is 0 Å². The normalized spacial score (nSPS) is 12.9. The molecule has 0 saturated heterocycles. The third-order valence-corrected chi connectivity index (χ3v) is 8.73. The summed E-state index contributed by atoms with van der Waals surface area (Å²) >= 11 is 1.50. The minimum atomic E-state index is -1.10. The molecule has 16 heteroatoms. The number of carbonyl (C=O) groups excluding carboxylic acids is 5. The Morgan fingerprint density at radius 1 is 0.759 bits per heavy atom. The number of amides is 5. The molecule has 15 nitrogen and oxygen atoms in total. The van der Waals surface area contributed by atoms with Gasteiger partial charge in [-0.1, -0.05) is 60.7 Å². The molecule has 0 radical (unpaired) electrons. The highest BCUT2D eigenvalue weighted by Gasteiger charge is 2.28. The first kappa shape index (κ1) is 42.5. The SMILES string of the molecule is CC(=O)O.CSCC[C@H](NC(=O)[C@H](Cc1ccccc1)NC(=O)CNC(=O)[C@@H](Cc1c[nH]c2ccccc12)NC(=O)[C@@H](N)Cc1ccc(O)cc1)C(N)=O. The number of carboxylic acids is 1. The van der Waals surface area contributed by atoms with Crippen molar-refractivity contribution < 1.29 is 39.0 Å². The summed E-state index contributed by atoms with van der Waals surface area (Å²) in [6.45, 7) is 0.586. The molecule has 1 aromatic heterocycles. The number of para-hydroxylation sites is 1. The van der Waals surface area contributed by atoms with Crippen LogP contribution in [0.3, 0.4) is 0 Å². The van der Waals surface area contributed by atoms with Gasteiger partial charge in [-0.3, -0.25) is 28.8 Å². The van der Waals surface area contributed by atoms with E-state index in [1.54, 1.807) is 42.6 Å². The van der Waals surface area contributed by atoms with Crippen molar-refractivity contribution in [2.75, 3.05) is 18.6 Å². The zero-order chi connectivity index (χ0) is 39.6. The number of hydrogen-bond donors (Lipinski definition) is 9. The maximum absolute atomic E-state index is 13.6. The first-order valence-electron chi connectivity index (χ1n) is 17.0. The average molecular weight is 762 g/mol. The minimum absolute atomic E-state index is 0.0827. The number of aromatic hydroxyl groups is 1. The molecule has 0 aliphatic rings. The third kappa shape index (κ3) is 14.3. The monoisotopic (exact) mass is 761 g/mol. The summed E-state index contributed by atoms with van der Waals surface area (Å²) in [7, 11) is 0. The second-order valence-electron chi connectivity index (χ2n) is 12.4. The molecule has 4 atom stereocenters. The van der Waals surface area contributed by atoms with Crippen molar-refractivity contribution in [1.29, 1.82) is 0 Å². The summed E-state index contributed by atoms with van der Waals surface area (Å²) in [4.78, 5) is 77.5. The van der Waals surface area contributed by atoms with Crippen LogP contribution in [-0.2, 0) is 48.0 Å². The van der Waals surface area contributed by atoms with Crippen LogP contribution in [0.5, 0.6) is 5.75 Å². The Morgan fingerprint density at radius 3 is 2.00 bits per heavy atom. The van der Waals surface area contributed by atoms with Crippen LogP contribution in [0.1, 0.15) is 30.0 Å². The summed E-state index contributed by atoms with van der Waals surface area (Å²) in [6.07, 6.45) is 4.33. The molecule has 0 aliphatic heterocycles. The molecule has 0 spiro atoms. The summed E-state index contributed by atoms with van der Waals surface area (Å²) in [5.41, 5.74) is 14.8. The van der Waals surface area contributed by atoms with Gasteiger partial charge in [-0.2, -0.15) is 11.8 Å². The largest absolute Gasteiger partial charge is 0.508 e. The van der Waals surface area contributed by atoms with Gasteiger partial charge < -0.3 is 47.9 Å². The standard InChI is InChI=1S/C36H43N7O6S.C2H4O2/c1-50-16-15-29(33(38)46)42-36(49)30(18-22-7-3-2-4-8-22)41-32(45)21-40-35(48)31(19-24-20-39-28-10-6-5-9-26(24)28)43-34(47)27(37)17-23-11-13-25(44)14-12-23;1-2(3)4/h2-14,20,27,29-31,39,44H,15-19,21,37H2,1H3,(H2,38,46)(H,40,48)(H,41,45)(H,42,49)(H,43,47);1H3,(H,3,4)/t27-,29-,30-,31+;/m0./s1. The van der Waals surface area contributed by atoms with Gasteiger partial charge in [-0.25, -0.2) is 0 Å². The molecular weight excluding hydrogens is 715 g/mol. The number of aromatic nitrogens is 1. The summed E-state index contributed by atoms with van der Waals surface area (Å²) in [5.74, 6) is -3.30. The Morgan fingerprint density at radius 2 is 1.35 bits per heavy atom. The number of carboxylic acid groups (broad SMARTS) is 1. The summed E-state index contributed by atoms with van der Waals surface area (Å²) in [5, 5.41) is 28.5. The molecule has 0 bridgehead atoms. The Labute approximate surface area is 317 Å². The lowest BCUT2D eigenvalue weighted by Gasteiger charge is -2.23. The highest BCUT2D eigenvalue weighted by molar-refractivity contribution is 7.98. The molecule has 11 N–H and O–H groups in total. The highest BCUT2D eigenvalue weighted by Crippen LogP contribution is 2.19. The van der Waals surface area contributed by atoms with Crippen LogP contribution in [-0.4, -0.2) is 93.4 Å². The number of phenolic OH excluding ortho intramolecular Hbond substituents is 1. The number of aliphatic carboxylic acids is 1. The van der Waals surface area contributed by atoms with Gasteiger partial charge in [-0.15, -0.1) is 0 Å². The van der Waals surface area contributed by atoms with Crippen LogP contribution in [0.4, 0.5) is 0 Å². The second kappa shape index (κ2) is 21.6. The minimum Gasteiger partial charge on any atom is -0.508 e. The second-order valence-corrected chi connectivity index (χ2v) is 13.4. The van der Waals surface area contributed by atoms with Gasteiger partial charge in [0.05, 0.1) is 12.6 Å². The van der Waals surface area contributed by atoms with Crippen LogP contribution < -0.4 is 32.7 Å². The smallest absolute Gasteiger partial charge is 0.300 e. The lowest BCUT2D eigenvalue weighted by molar-refractivity contribution is -0.134. The number of phenols is 1. The topological polar surface area (TPSA) is 259 Å². The van der Waals surface area contributed by atoms with Crippen molar-refractivity contribution >= 4 is 58.2 Å². The van der Waals surface area contributed by atoms with E-state index in [9.17, 15) is 29.1 Å². The van der Waals surface area contributed by atoms with Crippen LogP contribution in [0.25, 0.3) is 10.9 Å². The number of nitrogens with one attached hydrogen (secondary N) is 5. The van der Waals surface area contributed by atoms with Crippen molar-refractivity contribution in [2.24, 2.45) is 11.5 Å². The first-order chi connectivity index (χ1) is 25.8. The molecule has 5 amide bonds. The van der Waals surface area contributed by atoms with Gasteiger partial charge in [-0.05, 0) is 59.7 Å². The molecule has 0 aliphatic carbocycles. The summed E-state index contributed by atoms with van der Waals surface area (Å²) in [6, 6.07) is 18.8. The Hall–Kier alpha value is -5.87. The van der Waals surface area contributed by atoms with Crippen LogP contribution in [0.15, 0.2) is 85.1 Å². The first-order valence-corrected chi connectivity index (χ1v) is 18.4. The Kier molecular flexibility index (Phi) is 17.0. The average Bonchev–Trinajstić information content (AvgIpc) is 3.55. The van der Waals surface area contributed by atoms with Crippen molar-refractivity contribution in [3.8, 4) is 5.75 Å². The van der Waals surface area contributed by atoms with Gasteiger partial charge in [0.2, 0.25) is 29.5 Å². The van der Waals surface area contributed by atoms with E-state index in [0.717, 1.165) is 34.5 Å². The van der Waals surface area contributed by atoms with E-state index in [0.29, 0.717) is 12.2 Å². The van der Waals surface area contributed by atoms with E-state index in [1.807, 2.05) is 36.6 Å². The number of carbonyl (C=O) groups is 6. The molecule has 0 saturated carbocycles.